The maximum absolute atomic E-state index is 13.0. The lowest BCUT2D eigenvalue weighted by Gasteiger charge is -2.26. The maximum Gasteiger partial charge on any atom is 0.246 e. The zero-order chi connectivity index (χ0) is 22.0. The number of nitrogens with one attached hydrogen (secondary N) is 2. The molecule has 2 aromatic rings. The lowest BCUT2D eigenvalue weighted by atomic mass is 10.1. The van der Waals surface area contributed by atoms with Crippen LogP contribution in [0.15, 0.2) is 41.3 Å². The summed E-state index contributed by atoms with van der Waals surface area (Å²) < 4.78 is 27.4. The van der Waals surface area contributed by atoms with Crippen LogP contribution in [0.3, 0.4) is 0 Å². The molecule has 2 N–H and O–H groups in total. The Labute approximate surface area is 189 Å². The second kappa shape index (κ2) is 9.18. The standard InChI is InChI=1S/C23H28ClN3O3S/c1-16(25-19-9-8-17-6-5-7-18(17)14-19)23(28)26-22-15-20(10-11-21(22)24)31(29,30)27-12-3-2-4-13-27/h8-11,14-16,25H,2-7,12-13H2,1H3,(H,26,28)/t16-/m0/s1. The third kappa shape index (κ3) is 4.89. The Morgan fingerprint density at radius 2 is 1.74 bits per heavy atom. The zero-order valence-electron chi connectivity index (χ0n) is 17.7. The third-order valence-corrected chi connectivity index (χ3v) is 8.25. The average Bonchev–Trinajstić information content (AvgIpc) is 3.23. The van der Waals surface area contributed by atoms with Crippen LogP contribution >= 0.6 is 11.6 Å². The highest BCUT2D eigenvalue weighted by molar-refractivity contribution is 7.89. The van der Waals surface area contributed by atoms with Gasteiger partial charge in [-0.3, -0.25) is 4.79 Å². The summed E-state index contributed by atoms with van der Waals surface area (Å²) in [6.45, 7) is 2.81. The van der Waals surface area contributed by atoms with Crippen molar-refractivity contribution in [2.75, 3.05) is 23.7 Å². The number of hydrogen-bond acceptors (Lipinski definition) is 4. The van der Waals surface area contributed by atoms with E-state index in [9.17, 15) is 13.2 Å². The minimum Gasteiger partial charge on any atom is -0.374 e. The van der Waals surface area contributed by atoms with Gasteiger partial charge in [0.15, 0.2) is 0 Å². The summed E-state index contributed by atoms with van der Waals surface area (Å²) in [5.41, 5.74) is 3.90. The Kier molecular flexibility index (Phi) is 6.55. The van der Waals surface area contributed by atoms with Gasteiger partial charge in [-0.1, -0.05) is 24.1 Å². The van der Waals surface area contributed by atoms with Gasteiger partial charge in [0.2, 0.25) is 15.9 Å². The summed E-state index contributed by atoms with van der Waals surface area (Å²) in [5, 5.41) is 6.31. The van der Waals surface area contributed by atoms with Gasteiger partial charge < -0.3 is 10.6 Å². The minimum absolute atomic E-state index is 0.147. The molecule has 0 unspecified atom stereocenters. The first-order valence-electron chi connectivity index (χ1n) is 10.8. The molecule has 1 heterocycles. The fraction of sp³-hybridized carbons (Fsp3) is 0.435. The second-order valence-electron chi connectivity index (χ2n) is 8.30. The van der Waals surface area contributed by atoms with E-state index in [1.807, 2.05) is 6.07 Å². The van der Waals surface area contributed by atoms with Crippen molar-refractivity contribution < 1.29 is 13.2 Å². The van der Waals surface area contributed by atoms with Crippen molar-refractivity contribution in [1.29, 1.82) is 0 Å². The van der Waals surface area contributed by atoms with Crippen LogP contribution in [0.25, 0.3) is 0 Å². The van der Waals surface area contributed by atoms with Crippen LogP contribution in [-0.4, -0.2) is 37.8 Å². The van der Waals surface area contributed by atoms with Crippen LogP contribution in [0.2, 0.25) is 5.02 Å². The molecule has 1 aliphatic carbocycles. The smallest absolute Gasteiger partial charge is 0.246 e. The molecule has 2 aliphatic rings. The van der Waals surface area contributed by atoms with Crippen LogP contribution in [-0.2, 0) is 27.7 Å². The largest absolute Gasteiger partial charge is 0.374 e. The van der Waals surface area contributed by atoms with Crippen molar-refractivity contribution in [3.8, 4) is 0 Å². The van der Waals surface area contributed by atoms with Crippen LogP contribution in [0.1, 0.15) is 43.7 Å². The summed E-state index contributed by atoms with van der Waals surface area (Å²) in [5.74, 6) is -0.282. The quantitative estimate of drug-likeness (QED) is 0.666. The average molecular weight is 462 g/mol. The number of anilines is 2. The topological polar surface area (TPSA) is 78.5 Å². The molecule has 0 saturated carbocycles. The number of nitrogens with zero attached hydrogens (tertiary/aromatic N) is 1. The van der Waals surface area contributed by atoms with E-state index in [1.165, 1.54) is 40.1 Å². The highest BCUT2D eigenvalue weighted by Crippen LogP contribution is 2.29. The fourth-order valence-corrected chi connectivity index (χ4v) is 5.94. The summed E-state index contributed by atoms with van der Waals surface area (Å²) in [7, 11) is -3.60. The van der Waals surface area contributed by atoms with Crippen LogP contribution in [0, 0.1) is 0 Å². The Morgan fingerprint density at radius 1 is 1.00 bits per heavy atom. The third-order valence-electron chi connectivity index (χ3n) is 6.02. The molecular weight excluding hydrogens is 434 g/mol. The fourth-order valence-electron chi connectivity index (χ4n) is 4.23. The lowest BCUT2D eigenvalue weighted by molar-refractivity contribution is -0.116. The molecule has 0 spiro atoms. The number of piperidine rings is 1. The van der Waals surface area contributed by atoms with Gasteiger partial charge in [-0.2, -0.15) is 4.31 Å². The zero-order valence-corrected chi connectivity index (χ0v) is 19.2. The number of carbonyl (C=O) groups is 1. The molecule has 1 saturated heterocycles. The molecule has 1 amide bonds. The van der Waals surface area contributed by atoms with Gasteiger partial charge in [-0.05, 0) is 80.5 Å². The van der Waals surface area contributed by atoms with Crippen molar-refractivity contribution in [3.63, 3.8) is 0 Å². The van der Waals surface area contributed by atoms with Crippen molar-refractivity contribution >= 4 is 38.9 Å². The first kappa shape index (κ1) is 22.1. The van der Waals surface area contributed by atoms with Crippen LogP contribution < -0.4 is 10.6 Å². The van der Waals surface area contributed by atoms with E-state index in [0.717, 1.165) is 37.8 Å². The van der Waals surface area contributed by atoms with E-state index < -0.39 is 16.1 Å². The van der Waals surface area contributed by atoms with Gasteiger partial charge in [-0.25, -0.2) is 8.42 Å². The number of aryl methyl sites for hydroxylation is 2. The Balaban J connectivity index is 1.46. The summed E-state index contributed by atoms with van der Waals surface area (Å²) in [4.78, 5) is 12.9. The molecule has 6 nitrogen and oxygen atoms in total. The molecule has 1 aliphatic heterocycles. The van der Waals surface area contributed by atoms with E-state index in [1.54, 1.807) is 6.92 Å². The molecule has 8 heteroatoms. The van der Waals surface area contributed by atoms with E-state index in [4.69, 9.17) is 11.6 Å². The van der Waals surface area contributed by atoms with Crippen molar-refractivity contribution in [1.82, 2.24) is 4.31 Å². The van der Waals surface area contributed by atoms with Gasteiger partial charge in [0.25, 0.3) is 0 Å². The first-order valence-corrected chi connectivity index (χ1v) is 12.7. The van der Waals surface area contributed by atoms with Crippen molar-refractivity contribution in [2.45, 2.75) is 56.4 Å². The van der Waals surface area contributed by atoms with Crippen LogP contribution in [0.5, 0.6) is 0 Å². The molecule has 31 heavy (non-hydrogen) atoms. The monoisotopic (exact) mass is 461 g/mol. The van der Waals surface area contributed by atoms with E-state index in [-0.39, 0.29) is 10.8 Å². The number of fused-ring (bicyclic) bond motifs is 1. The molecule has 0 aromatic heterocycles. The Morgan fingerprint density at radius 3 is 2.52 bits per heavy atom. The van der Waals surface area contributed by atoms with Crippen molar-refractivity contribution in [3.05, 3.63) is 52.5 Å². The summed E-state index contributed by atoms with van der Waals surface area (Å²) in [6, 6.07) is 10.2. The lowest BCUT2D eigenvalue weighted by Crippen LogP contribution is -2.35. The van der Waals surface area contributed by atoms with Gasteiger partial charge >= 0.3 is 0 Å². The number of amides is 1. The maximum atomic E-state index is 13.0. The van der Waals surface area contributed by atoms with E-state index >= 15 is 0 Å². The van der Waals surface area contributed by atoms with E-state index in [0.29, 0.717) is 23.8 Å². The van der Waals surface area contributed by atoms with E-state index in [2.05, 4.69) is 22.8 Å². The minimum atomic E-state index is -3.60. The second-order valence-corrected chi connectivity index (χ2v) is 10.6. The first-order chi connectivity index (χ1) is 14.8. The molecule has 0 bridgehead atoms. The normalized spacial score (nSPS) is 17.7. The summed E-state index contributed by atoms with van der Waals surface area (Å²) >= 11 is 6.26. The Hall–Kier alpha value is -2.09. The molecule has 166 valence electrons. The molecule has 1 fully saturated rings. The SMILES string of the molecule is C[C@H](Nc1ccc2c(c1)CCC2)C(=O)Nc1cc(S(=O)(=O)N2CCCCC2)ccc1Cl. The number of halogens is 1. The molecule has 4 rings (SSSR count). The highest BCUT2D eigenvalue weighted by Gasteiger charge is 2.27. The van der Waals surface area contributed by atoms with Gasteiger partial charge in [0.05, 0.1) is 15.6 Å². The predicted molar refractivity (Wildman–Crippen MR) is 124 cm³/mol. The molecule has 0 radical (unpaired) electrons. The molecule has 1 atom stereocenters. The van der Waals surface area contributed by atoms with Gasteiger partial charge in [0.1, 0.15) is 6.04 Å². The predicted octanol–water partition coefficient (Wildman–Crippen LogP) is 4.44. The summed E-state index contributed by atoms with van der Waals surface area (Å²) in [6.07, 6.45) is 6.12. The van der Waals surface area contributed by atoms with Crippen molar-refractivity contribution in [2.24, 2.45) is 0 Å². The number of rotatable bonds is 6. The molecular formula is C23H28ClN3O3S. The van der Waals surface area contributed by atoms with Crippen LogP contribution in [0.4, 0.5) is 11.4 Å². The number of benzene rings is 2. The number of carbonyl (C=O) groups excluding carboxylic acids is 1. The number of hydrogen-bond donors (Lipinski definition) is 2. The number of sulfonamides is 1. The molecule has 2 aromatic carbocycles. The highest BCUT2D eigenvalue weighted by atomic mass is 35.5. The van der Waals surface area contributed by atoms with Gasteiger partial charge in [-0.15, -0.1) is 0 Å². The Bertz CT molecular complexity index is 1080. The van der Waals surface area contributed by atoms with Gasteiger partial charge in [0, 0.05) is 18.8 Å².